The molecule has 0 amide bonds. The lowest BCUT2D eigenvalue weighted by molar-refractivity contribution is 0.0904. The minimum absolute atomic E-state index is 0.00612. The predicted molar refractivity (Wildman–Crippen MR) is 140 cm³/mol. The summed E-state index contributed by atoms with van der Waals surface area (Å²) in [5.41, 5.74) is 2.05. The third kappa shape index (κ3) is 5.63. The van der Waals surface area contributed by atoms with Gasteiger partial charge in [-0.3, -0.25) is 0 Å². The molecule has 3 atom stereocenters. The van der Waals surface area contributed by atoms with Crippen molar-refractivity contribution < 1.29 is 26.7 Å². The van der Waals surface area contributed by atoms with Crippen LogP contribution in [0.1, 0.15) is 45.1 Å². The van der Waals surface area contributed by atoms with Crippen molar-refractivity contribution in [2.75, 3.05) is 26.7 Å². The van der Waals surface area contributed by atoms with E-state index in [4.69, 9.17) is 4.74 Å². The molecule has 1 N–H and O–H groups in total. The number of aryl methyl sites for hydroxylation is 1. The molecular formula is C25H36N4O6S2. The van der Waals surface area contributed by atoms with Gasteiger partial charge >= 0.3 is 0 Å². The highest BCUT2D eigenvalue weighted by Crippen LogP contribution is 2.37. The van der Waals surface area contributed by atoms with Gasteiger partial charge in [-0.25, -0.2) is 21.8 Å². The molecule has 37 heavy (non-hydrogen) atoms. The average Bonchev–Trinajstić information content (AvgIpc) is 3.33. The van der Waals surface area contributed by atoms with Crippen LogP contribution >= 0.6 is 0 Å². The highest BCUT2D eigenvalue weighted by Gasteiger charge is 2.39. The number of sulfonamides is 2. The first-order chi connectivity index (χ1) is 17.4. The summed E-state index contributed by atoms with van der Waals surface area (Å²) < 4.78 is 64.1. The number of allylic oxidation sites excluding steroid dienone is 2. The quantitative estimate of drug-likeness (QED) is 0.560. The van der Waals surface area contributed by atoms with Crippen LogP contribution in [0.4, 0.5) is 0 Å². The Hall–Kier alpha value is -2.25. The fourth-order valence-electron chi connectivity index (χ4n) is 4.78. The molecule has 2 aliphatic rings. The second-order valence-electron chi connectivity index (χ2n) is 10.0. The van der Waals surface area contributed by atoms with Gasteiger partial charge in [-0.1, -0.05) is 19.1 Å². The Kier molecular flexibility index (Phi) is 8.15. The Bertz CT molecular complexity index is 1370. The molecule has 0 saturated heterocycles. The predicted octanol–water partition coefficient (Wildman–Crippen LogP) is 2.47. The van der Waals surface area contributed by atoms with Crippen LogP contribution in [-0.2, 0) is 27.1 Å². The van der Waals surface area contributed by atoms with Crippen LogP contribution in [-0.4, -0.2) is 79.0 Å². The van der Waals surface area contributed by atoms with E-state index < -0.39 is 32.2 Å². The van der Waals surface area contributed by atoms with E-state index in [9.17, 15) is 21.9 Å². The van der Waals surface area contributed by atoms with E-state index in [1.165, 1.54) is 28.2 Å². The molecule has 0 unspecified atom stereocenters. The molecule has 0 saturated carbocycles. The first-order valence-corrected chi connectivity index (χ1v) is 15.4. The van der Waals surface area contributed by atoms with Crippen molar-refractivity contribution in [1.82, 2.24) is 18.2 Å². The number of nitrogens with zero attached hydrogens (tertiary/aromatic N) is 4. The van der Waals surface area contributed by atoms with Crippen LogP contribution < -0.4 is 4.74 Å². The van der Waals surface area contributed by atoms with Crippen molar-refractivity contribution in [3.05, 3.63) is 42.4 Å². The number of benzene rings is 1. The van der Waals surface area contributed by atoms with Crippen LogP contribution in [0, 0.1) is 5.92 Å². The molecule has 4 rings (SSSR count). The summed E-state index contributed by atoms with van der Waals surface area (Å²) in [5, 5.41) is 9.77. The molecule has 0 spiro atoms. The third-order valence-electron chi connectivity index (χ3n) is 7.12. The van der Waals surface area contributed by atoms with Gasteiger partial charge in [-0.2, -0.15) is 8.61 Å². The number of aromatic nitrogens is 2. The second-order valence-corrected chi connectivity index (χ2v) is 13.9. The minimum Gasteiger partial charge on any atom is -0.487 e. The van der Waals surface area contributed by atoms with Crippen LogP contribution in [0.15, 0.2) is 46.7 Å². The number of aliphatic hydroxyl groups is 1. The number of aliphatic hydroxyl groups excluding tert-OH is 1. The van der Waals surface area contributed by atoms with Crippen LogP contribution in [0.5, 0.6) is 5.75 Å². The van der Waals surface area contributed by atoms with E-state index in [0.29, 0.717) is 0 Å². The Morgan fingerprint density at radius 1 is 1.30 bits per heavy atom. The number of ether oxygens (including phenoxy) is 1. The topological polar surface area (TPSA) is 122 Å². The molecule has 12 heteroatoms. The van der Waals surface area contributed by atoms with Gasteiger partial charge in [0.25, 0.3) is 10.0 Å². The standard InChI is InChI=1S/C25H36N4O6S2/c1-18-13-29(19(2)16-30)36(31,32)24-11-10-21(20-8-6-5-7-9-20)12-22(24)35-23(18)14-28(4)37(33,34)25-15-27(3)17-26-25/h8,10-12,15,17-19,23,30H,5-7,9,13-14,16H2,1-4H3/t18-,19+,23+/m1/s1. The van der Waals surface area contributed by atoms with Crippen LogP contribution in [0.25, 0.3) is 5.57 Å². The van der Waals surface area contributed by atoms with Gasteiger partial charge in [0.15, 0.2) is 5.03 Å². The number of hydrogen-bond acceptors (Lipinski definition) is 7. The minimum atomic E-state index is -3.97. The third-order valence-corrected chi connectivity index (χ3v) is 10.9. The number of imidazole rings is 1. The first kappa shape index (κ1) is 27.8. The van der Waals surface area contributed by atoms with Crippen LogP contribution in [0.2, 0.25) is 0 Å². The molecule has 1 aliphatic heterocycles. The Balaban J connectivity index is 1.75. The van der Waals surface area contributed by atoms with E-state index in [-0.39, 0.29) is 41.3 Å². The van der Waals surface area contributed by atoms with E-state index in [2.05, 4.69) is 11.1 Å². The van der Waals surface area contributed by atoms with Gasteiger partial charge in [-0.15, -0.1) is 0 Å². The lowest BCUT2D eigenvalue weighted by Crippen LogP contribution is -2.50. The second kappa shape index (κ2) is 10.9. The van der Waals surface area contributed by atoms with Gasteiger partial charge in [0.2, 0.25) is 10.0 Å². The van der Waals surface area contributed by atoms with Crippen molar-refractivity contribution in [2.45, 2.75) is 61.6 Å². The molecule has 1 aromatic carbocycles. The van der Waals surface area contributed by atoms with E-state index in [0.717, 1.165) is 36.8 Å². The summed E-state index contributed by atoms with van der Waals surface area (Å²) in [7, 11) is -4.69. The zero-order chi connectivity index (χ0) is 27.0. The Labute approximate surface area is 219 Å². The summed E-state index contributed by atoms with van der Waals surface area (Å²) in [6.07, 6.45) is 8.46. The SMILES string of the molecule is C[C@@H]1CN([C@@H](C)CO)S(=O)(=O)c2ccc(C3=CCCCC3)cc2O[C@H]1CN(C)S(=O)(=O)c1cn(C)cn1. The summed E-state index contributed by atoms with van der Waals surface area (Å²) in [6, 6.07) is 4.46. The highest BCUT2D eigenvalue weighted by atomic mass is 32.2. The molecule has 1 aliphatic carbocycles. The summed E-state index contributed by atoms with van der Waals surface area (Å²) in [5.74, 6) is -0.185. The molecule has 2 heterocycles. The van der Waals surface area contributed by atoms with Gasteiger partial charge < -0.3 is 14.4 Å². The molecule has 204 valence electrons. The maximum atomic E-state index is 13.7. The fraction of sp³-hybridized carbons (Fsp3) is 0.560. The Morgan fingerprint density at radius 2 is 2.05 bits per heavy atom. The monoisotopic (exact) mass is 552 g/mol. The zero-order valence-corrected chi connectivity index (χ0v) is 23.4. The largest absolute Gasteiger partial charge is 0.487 e. The molecule has 10 nitrogen and oxygen atoms in total. The van der Waals surface area contributed by atoms with Crippen LogP contribution in [0.3, 0.4) is 0 Å². The molecule has 0 bridgehead atoms. The molecule has 1 aromatic heterocycles. The molecule has 2 aromatic rings. The lowest BCUT2D eigenvalue weighted by Gasteiger charge is -2.37. The maximum absolute atomic E-state index is 13.7. The van der Waals surface area contributed by atoms with Gasteiger partial charge in [0, 0.05) is 38.8 Å². The number of likely N-dealkylation sites (N-methyl/N-ethyl adjacent to an activating group) is 1. The van der Waals surface area contributed by atoms with Crippen molar-refractivity contribution in [2.24, 2.45) is 13.0 Å². The van der Waals surface area contributed by atoms with Gasteiger partial charge in [-0.05, 0) is 55.9 Å². The Morgan fingerprint density at radius 3 is 2.68 bits per heavy atom. The smallest absolute Gasteiger partial charge is 0.261 e. The van der Waals surface area contributed by atoms with E-state index in [1.54, 1.807) is 36.7 Å². The van der Waals surface area contributed by atoms with Crippen molar-refractivity contribution in [3.63, 3.8) is 0 Å². The maximum Gasteiger partial charge on any atom is 0.261 e. The fourth-order valence-corrected chi connectivity index (χ4v) is 7.74. The summed E-state index contributed by atoms with van der Waals surface area (Å²) >= 11 is 0. The first-order valence-electron chi connectivity index (χ1n) is 12.5. The molecule has 0 radical (unpaired) electrons. The van der Waals surface area contributed by atoms with E-state index >= 15 is 0 Å². The molecule has 0 fully saturated rings. The lowest BCUT2D eigenvalue weighted by atomic mass is 9.93. The molecular weight excluding hydrogens is 516 g/mol. The number of fused-ring (bicyclic) bond motifs is 1. The zero-order valence-electron chi connectivity index (χ0n) is 21.7. The summed E-state index contributed by atoms with van der Waals surface area (Å²) in [4.78, 5) is 4.00. The van der Waals surface area contributed by atoms with Crippen molar-refractivity contribution in [1.29, 1.82) is 0 Å². The normalized spacial score (nSPS) is 23.5. The number of rotatable bonds is 7. The average molecular weight is 553 g/mol. The summed E-state index contributed by atoms with van der Waals surface area (Å²) in [6.45, 7) is 3.20. The van der Waals surface area contributed by atoms with Gasteiger partial charge in [0.05, 0.1) is 19.5 Å². The van der Waals surface area contributed by atoms with Gasteiger partial charge in [0.1, 0.15) is 16.7 Å². The highest BCUT2D eigenvalue weighted by molar-refractivity contribution is 7.89. The van der Waals surface area contributed by atoms with Crippen molar-refractivity contribution in [3.8, 4) is 5.75 Å². The number of hydrogen-bond donors (Lipinski definition) is 1. The van der Waals surface area contributed by atoms with Crippen molar-refractivity contribution >= 4 is 25.6 Å². The van der Waals surface area contributed by atoms with E-state index in [1.807, 2.05) is 6.92 Å².